The highest BCUT2D eigenvalue weighted by atomic mass is 35.5. The Balaban J connectivity index is 1.63. The van der Waals surface area contributed by atoms with E-state index < -0.39 is 0 Å². The first-order chi connectivity index (χ1) is 14.0. The van der Waals surface area contributed by atoms with Gasteiger partial charge in [0.15, 0.2) is 0 Å². The second-order valence-electron chi connectivity index (χ2n) is 7.34. The molecule has 0 bridgehead atoms. The molecule has 1 saturated heterocycles. The van der Waals surface area contributed by atoms with Crippen LogP contribution < -0.4 is 10.1 Å². The summed E-state index contributed by atoms with van der Waals surface area (Å²) in [6, 6.07) is 14.6. The van der Waals surface area contributed by atoms with Crippen molar-refractivity contribution in [1.82, 2.24) is 10.2 Å². The lowest BCUT2D eigenvalue weighted by atomic mass is 9.95. The van der Waals surface area contributed by atoms with Crippen molar-refractivity contribution < 1.29 is 14.3 Å². The van der Waals surface area contributed by atoms with Gasteiger partial charge < -0.3 is 15.0 Å². The summed E-state index contributed by atoms with van der Waals surface area (Å²) in [6.07, 6.45) is 2.39. The highest BCUT2D eigenvalue weighted by Gasteiger charge is 2.30. The number of ether oxygens (including phenoxy) is 1. The molecule has 1 aliphatic rings. The van der Waals surface area contributed by atoms with Gasteiger partial charge in [-0.3, -0.25) is 9.59 Å². The number of hydrogen-bond donors (Lipinski definition) is 1. The number of hydrogen-bond acceptors (Lipinski definition) is 3. The summed E-state index contributed by atoms with van der Waals surface area (Å²) in [5.74, 6) is 0.536. The third-order valence-electron chi connectivity index (χ3n) is 5.41. The molecule has 0 saturated carbocycles. The number of carbonyl (C=O) groups is 2. The van der Waals surface area contributed by atoms with Gasteiger partial charge in [-0.2, -0.15) is 0 Å². The predicted octanol–water partition coefficient (Wildman–Crippen LogP) is 4.47. The number of halogens is 1. The molecule has 154 valence electrons. The predicted molar refractivity (Wildman–Crippen MR) is 114 cm³/mol. The van der Waals surface area contributed by atoms with Crippen LogP contribution in [0, 0.1) is 5.92 Å². The molecule has 2 atom stereocenters. The van der Waals surface area contributed by atoms with Gasteiger partial charge in [-0.1, -0.05) is 30.7 Å². The Labute approximate surface area is 177 Å². The van der Waals surface area contributed by atoms with Crippen molar-refractivity contribution >= 4 is 23.4 Å². The highest BCUT2D eigenvalue weighted by Crippen LogP contribution is 2.24. The molecule has 6 heteroatoms. The quantitative estimate of drug-likeness (QED) is 0.758. The maximum atomic E-state index is 12.9. The van der Waals surface area contributed by atoms with E-state index in [9.17, 15) is 9.59 Å². The molecule has 0 aliphatic carbocycles. The van der Waals surface area contributed by atoms with Crippen LogP contribution in [-0.2, 0) is 4.79 Å². The first-order valence-electron chi connectivity index (χ1n) is 10.0. The lowest BCUT2D eigenvalue weighted by Gasteiger charge is -2.33. The van der Waals surface area contributed by atoms with Gasteiger partial charge in [-0.05, 0) is 61.2 Å². The molecule has 1 aliphatic heterocycles. The molecule has 1 fully saturated rings. The number of piperidine rings is 1. The summed E-state index contributed by atoms with van der Waals surface area (Å²) >= 11 is 5.91. The van der Waals surface area contributed by atoms with E-state index in [1.54, 1.807) is 36.3 Å². The SMILES string of the molecule is CCC(NC(=O)C1CCCN(C(=O)c2ccc(Cl)cc2)C1)c1ccc(OC)cc1. The molecule has 1 heterocycles. The smallest absolute Gasteiger partial charge is 0.253 e. The van der Waals surface area contributed by atoms with Gasteiger partial charge in [0, 0.05) is 23.7 Å². The van der Waals surface area contributed by atoms with Crippen LogP contribution >= 0.6 is 11.6 Å². The molecule has 2 aromatic rings. The van der Waals surface area contributed by atoms with Crippen LogP contribution in [0.25, 0.3) is 0 Å². The summed E-state index contributed by atoms with van der Waals surface area (Å²) in [5, 5.41) is 3.76. The zero-order valence-electron chi connectivity index (χ0n) is 16.9. The summed E-state index contributed by atoms with van der Waals surface area (Å²) in [5.41, 5.74) is 1.65. The average molecular weight is 415 g/mol. The fourth-order valence-corrected chi connectivity index (χ4v) is 3.82. The Morgan fingerprint density at radius 3 is 2.48 bits per heavy atom. The largest absolute Gasteiger partial charge is 0.497 e. The number of amides is 2. The molecule has 2 amide bonds. The second kappa shape index (κ2) is 9.79. The van der Waals surface area contributed by atoms with Crippen LogP contribution in [0.4, 0.5) is 0 Å². The van der Waals surface area contributed by atoms with Gasteiger partial charge in [-0.25, -0.2) is 0 Å². The van der Waals surface area contributed by atoms with Crippen LogP contribution in [-0.4, -0.2) is 36.9 Å². The first-order valence-corrected chi connectivity index (χ1v) is 10.4. The number of benzene rings is 2. The van der Waals surface area contributed by atoms with E-state index in [1.165, 1.54) is 0 Å². The van der Waals surface area contributed by atoms with E-state index in [2.05, 4.69) is 5.32 Å². The van der Waals surface area contributed by atoms with Crippen molar-refractivity contribution in [2.45, 2.75) is 32.2 Å². The van der Waals surface area contributed by atoms with Crippen LogP contribution in [0.5, 0.6) is 5.75 Å². The fourth-order valence-electron chi connectivity index (χ4n) is 3.70. The zero-order valence-corrected chi connectivity index (χ0v) is 17.6. The molecular weight excluding hydrogens is 388 g/mol. The van der Waals surface area contributed by atoms with E-state index in [1.807, 2.05) is 31.2 Å². The van der Waals surface area contributed by atoms with Crippen LogP contribution in [0.1, 0.15) is 48.1 Å². The van der Waals surface area contributed by atoms with Crippen molar-refractivity contribution in [1.29, 1.82) is 0 Å². The maximum Gasteiger partial charge on any atom is 0.253 e. The van der Waals surface area contributed by atoms with E-state index in [0.29, 0.717) is 23.7 Å². The minimum atomic E-state index is -0.202. The monoisotopic (exact) mass is 414 g/mol. The minimum Gasteiger partial charge on any atom is -0.497 e. The van der Waals surface area contributed by atoms with Gasteiger partial charge in [0.1, 0.15) is 5.75 Å². The molecule has 3 rings (SSSR count). The Morgan fingerprint density at radius 2 is 1.86 bits per heavy atom. The fraction of sp³-hybridized carbons (Fsp3) is 0.391. The lowest BCUT2D eigenvalue weighted by Crippen LogP contribution is -2.46. The summed E-state index contributed by atoms with van der Waals surface area (Å²) in [7, 11) is 1.63. The summed E-state index contributed by atoms with van der Waals surface area (Å²) < 4.78 is 5.20. The number of likely N-dealkylation sites (tertiary alicyclic amines) is 1. The standard InChI is InChI=1S/C23H27ClN2O3/c1-3-21(16-8-12-20(29-2)13-9-16)25-22(27)18-5-4-14-26(15-18)23(28)17-6-10-19(24)11-7-17/h6-13,18,21H,3-5,14-15H2,1-2H3,(H,25,27). The Kier molecular flexibility index (Phi) is 7.15. The molecule has 5 nitrogen and oxygen atoms in total. The van der Waals surface area contributed by atoms with Crippen LogP contribution in [0.3, 0.4) is 0 Å². The molecule has 0 radical (unpaired) electrons. The number of nitrogens with one attached hydrogen (secondary N) is 1. The molecule has 2 aromatic carbocycles. The Hall–Kier alpha value is -2.53. The van der Waals surface area contributed by atoms with Crippen LogP contribution in [0.15, 0.2) is 48.5 Å². The summed E-state index contributed by atoms with van der Waals surface area (Å²) in [4.78, 5) is 27.5. The van der Waals surface area contributed by atoms with Gasteiger partial charge >= 0.3 is 0 Å². The molecular formula is C23H27ClN2O3. The molecule has 0 aromatic heterocycles. The first kappa shape index (κ1) is 21.2. The van der Waals surface area contributed by atoms with Crippen molar-refractivity contribution in [2.24, 2.45) is 5.92 Å². The van der Waals surface area contributed by atoms with Gasteiger partial charge in [0.05, 0.1) is 19.1 Å². The molecule has 29 heavy (non-hydrogen) atoms. The number of nitrogens with zero attached hydrogens (tertiary/aromatic N) is 1. The van der Waals surface area contributed by atoms with Crippen LogP contribution in [0.2, 0.25) is 5.02 Å². The topological polar surface area (TPSA) is 58.6 Å². The van der Waals surface area contributed by atoms with E-state index in [-0.39, 0.29) is 23.8 Å². The van der Waals surface area contributed by atoms with Gasteiger partial charge in [0.2, 0.25) is 5.91 Å². The van der Waals surface area contributed by atoms with Crippen molar-refractivity contribution in [2.75, 3.05) is 20.2 Å². The van der Waals surface area contributed by atoms with Crippen molar-refractivity contribution in [3.8, 4) is 5.75 Å². The third-order valence-corrected chi connectivity index (χ3v) is 5.67. The normalized spacial score (nSPS) is 17.5. The number of rotatable bonds is 6. The highest BCUT2D eigenvalue weighted by molar-refractivity contribution is 6.30. The maximum absolute atomic E-state index is 12.9. The Morgan fingerprint density at radius 1 is 1.17 bits per heavy atom. The van der Waals surface area contributed by atoms with E-state index in [0.717, 1.165) is 30.6 Å². The van der Waals surface area contributed by atoms with Gasteiger partial charge in [0.25, 0.3) is 5.91 Å². The molecule has 0 spiro atoms. The van der Waals surface area contributed by atoms with Crippen molar-refractivity contribution in [3.63, 3.8) is 0 Å². The average Bonchev–Trinajstić information content (AvgIpc) is 2.77. The number of carbonyl (C=O) groups excluding carboxylic acids is 2. The van der Waals surface area contributed by atoms with Gasteiger partial charge in [-0.15, -0.1) is 0 Å². The summed E-state index contributed by atoms with van der Waals surface area (Å²) in [6.45, 7) is 3.15. The second-order valence-corrected chi connectivity index (χ2v) is 7.78. The third kappa shape index (κ3) is 5.30. The number of methoxy groups -OCH3 is 1. The Bertz CT molecular complexity index is 836. The van der Waals surface area contributed by atoms with Crippen molar-refractivity contribution in [3.05, 3.63) is 64.7 Å². The lowest BCUT2D eigenvalue weighted by molar-refractivity contribution is -0.127. The zero-order chi connectivity index (χ0) is 20.8. The van der Waals surface area contributed by atoms with E-state index in [4.69, 9.17) is 16.3 Å². The molecule has 2 unspecified atom stereocenters. The minimum absolute atomic E-state index is 0.00118. The molecule has 1 N–H and O–H groups in total. The van der Waals surface area contributed by atoms with E-state index >= 15 is 0 Å².